The van der Waals surface area contributed by atoms with E-state index in [1.54, 1.807) is 37.3 Å². The Kier molecular flexibility index (Phi) is 5.36. The molecular weight excluding hydrogens is 482 g/mol. The number of carbonyl (C=O) groups excluding carboxylic acids is 4. The molecule has 5 atom stereocenters. The van der Waals surface area contributed by atoms with E-state index in [4.69, 9.17) is 5.73 Å². The van der Waals surface area contributed by atoms with E-state index in [2.05, 4.69) is 0 Å². The largest absolute Gasteiger partial charge is 0.511 e. The molecule has 10 nitrogen and oxygen atoms in total. The van der Waals surface area contributed by atoms with Crippen molar-refractivity contribution >= 4 is 23.8 Å². The highest BCUT2D eigenvalue weighted by Crippen LogP contribution is 2.56. The number of hydrogen-bond acceptors (Lipinski definition) is 9. The van der Waals surface area contributed by atoms with E-state index < -0.39 is 81.8 Å². The molecule has 2 aromatic carbocycles. The van der Waals surface area contributed by atoms with Gasteiger partial charge in [0.1, 0.15) is 29.1 Å². The first-order chi connectivity index (χ1) is 17.4. The molecule has 3 aliphatic carbocycles. The Bertz CT molecular complexity index is 1490. The van der Waals surface area contributed by atoms with E-state index in [-0.39, 0.29) is 5.56 Å². The van der Waals surface area contributed by atoms with E-state index in [0.29, 0.717) is 28.5 Å². The second kappa shape index (κ2) is 8.12. The van der Waals surface area contributed by atoms with Gasteiger partial charge in [-0.15, -0.1) is 0 Å². The van der Waals surface area contributed by atoms with Crippen molar-refractivity contribution in [2.24, 2.45) is 17.6 Å². The molecule has 1 amide bonds. The molecule has 0 aliphatic heterocycles. The number of fused-ring (bicyclic) bond motifs is 3. The number of phenols is 1. The molecule has 10 heteroatoms. The molecule has 0 aromatic heterocycles. The van der Waals surface area contributed by atoms with E-state index in [1.165, 1.54) is 6.07 Å². The Labute approximate surface area is 210 Å². The molecule has 190 valence electrons. The summed E-state index contributed by atoms with van der Waals surface area (Å²) in [6.07, 6.45) is -1.52. The minimum Gasteiger partial charge on any atom is -0.511 e. The molecule has 0 bridgehead atoms. The van der Waals surface area contributed by atoms with Crippen molar-refractivity contribution in [2.45, 2.75) is 31.0 Å². The van der Waals surface area contributed by atoms with Gasteiger partial charge in [-0.1, -0.05) is 31.2 Å². The van der Waals surface area contributed by atoms with E-state index in [0.717, 1.165) is 0 Å². The first-order valence-corrected chi connectivity index (χ1v) is 11.5. The highest BCUT2D eigenvalue weighted by atomic mass is 16.4. The summed E-state index contributed by atoms with van der Waals surface area (Å²) in [7, 11) is 0. The SMILES string of the molecule is C[C@H]1c2c(-c3cccc(C=O)c3)ccc(O)c2C(=O)C2=C(O)[C@]3(O)C(=O)C(C(N)=O)=C(O)C[C@@H]3[C@@H](O)[C@@H]21. The lowest BCUT2D eigenvalue weighted by atomic mass is 9.56. The second-order valence-corrected chi connectivity index (χ2v) is 9.65. The standard InChI is InChI=1S/C27H23NO9/c1-10-17-13(12-4-2-3-11(7-12)9-29)5-6-15(30)19(17)23(33)21-18(10)22(32)14-8-16(31)20(26(28)36)24(34)27(14,37)25(21)35/h2-7,9-10,14,18,22,30-32,35,37H,8H2,1H3,(H2,28,36)/t10-,14+,18+,22+,27+/m0/s1. The predicted octanol–water partition coefficient (Wildman–Crippen LogP) is 1.59. The van der Waals surface area contributed by atoms with Crippen LogP contribution in [0.15, 0.2) is 59.1 Å². The van der Waals surface area contributed by atoms with Crippen molar-refractivity contribution in [2.75, 3.05) is 0 Å². The van der Waals surface area contributed by atoms with E-state index in [9.17, 15) is 44.7 Å². The number of aromatic hydroxyl groups is 1. The van der Waals surface area contributed by atoms with Crippen molar-refractivity contribution in [3.63, 3.8) is 0 Å². The normalized spacial score (nSPS) is 28.9. The molecule has 0 unspecified atom stereocenters. The van der Waals surface area contributed by atoms with Crippen LogP contribution in [0.2, 0.25) is 0 Å². The maximum atomic E-state index is 13.8. The molecule has 0 fully saturated rings. The average molecular weight is 505 g/mol. The summed E-state index contributed by atoms with van der Waals surface area (Å²) in [4.78, 5) is 50.0. The van der Waals surface area contributed by atoms with E-state index >= 15 is 0 Å². The minimum absolute atomic E-state index is 0.190. The zero-order valence-electron chi connectivity index (χ0n) is 19.5. The summed E-state index contributed by atoms with van der Waals surface area (Å²) in [5, 5.41) is 55.0. The van der Waals surface area contributed by atoms with Gasteiger partial charge < -0.3 is 31.3 Å². The Morgan fingerprint density at radius 3 is 2.49 bits per heavy atom. The van der Waals surface area contributed by atoms with Crippen molar-refractivity contribution in [3.8, 4) is 16.9 Å². The van der Waals surface area contributed by atoms with Crippen molar-refractivity contribution < 1.29 is 44.7 Å². The smallest absolute Gasteiger partial charge is 0.255 e. The summed E-state index contributed by atoms with van der Waals surface area (Å²) < 4.78 is 0. The highest BCUT2D eigenvalue weighted by molar-refractivity contribution is 6.24. The topological polar surface area (TPSA) is 195 Å². The maximum absolute atomic E-state index is 13.8. The number of rotatable bonds is 3. The number of nitrogens with two attached hydrogens (primary N) is 1. The van der Waals surface area contributed by atoms with Crippen molar-refractivity contribution in [3.05, 3.63) is 75.8 Å². The van der Waals surface area contributed by atoms with E-state index in [1.807, 2.05) is 0 Å². The fraction of sp³-hybridized carbons (Fsp3) is 0.259. The summed E-state index contributed by atoms with van der Waals surface area (Å²) >= 11 is 0. The first kappa shape index (κ1) is 24.4. The fourth-order valence-corrected chi connectivity index (χ4v) is 6.11. The summed E-state index contributed by atoms with van der Waals surface area (Å²) in [6, 6.07) is 9.41. The van der Waals surface area contributed by atoms with Crippen LogP contribution >= 0.6 is 0 Å². The molecule has 0 radical (unpaired) electrons. The molecule has 0 saturated carbocycles. The molecule has 0 heterocycles. The lowest BCUT2D eigenvalue weighted by Crippen LogP contribution is -2.62. The lowest BCUT2D eigenvalue weighted by Gasteiger charge is -2.50. The molecule has 7 N–H and O–H groups in total. The third-order valence-electron chi connectivity index (χ3n) is 7.81. The number of aliphatic hydroxyl groups excluding tert-OH is 3. The number of allylic oxidation sites excluding steroid dienone is 1. The summed E-state index contributed by atoms with van der Waals surface area (Å²) in [6.45, 7) is 1.65. The van der Waals surface area contributed by atoms with Gasteiger partial charge in [0.2, 0.25) is 5.78 Å². The summed E-state index contributed by atoms with van der Waals surface area (Å²) in [5.41, 5.74) is 2.52. The average Bonchev–Trinajstić information content (AvgIpc) is 2.86. The van der Waals surface area contributed by atoms with Crippen LogP contribution in [0.1, 0.15) is 45.5 Å². The van der Waals surface area contributed by atoms with Gasteiger partial charge in [-0.05, 0) is 34.7 Å². The number of primary amides is 1. The first-order valence-electron chi connectivity index (χ1n) is 11.5. The van der Waals surface area contributed by atoms with Crippen LogP contribution in [0.4, 0.5) is 0 Å². The Morgan fingerprint density at radius 2 is 1.84 bits per heavy atom. The third kappa shape index (κ3) is 3.12. The van der Waals surface area contributed by atoms with Gasteiger partial charge in [-0.3, -0.25) is 19.2 Å². The van der Waals surface area contributed by atoms with Gasteiger partial charge in [0.25, 0.3) is 5.91 Å². The van der Waals surface area contributed by atoms with Gasteiger partial charge in [0, 0.05) is 29.4 Å². The number of phenolic OH excluding ortho intramolecular Hbond substituents is 1. The number of Topliss-reactive ketones (excluding diaryl/α,β-unsaturated/α-hetero) is 2. The van der Waals surface area contributed by atoms with Crippen LogP contribution in [-0.4, -0.2) is 61.0 Å². The van der Waals surface area contributed by atoms with Crippen molar-refractivity contribution in [1.29, 1.82) is 0 Å². The Morgan fingerprint density at radius 1 is 1.14 bits per heavy atom. The van der Waals surface area contributed by atoms with Gasteiger partial charge in [-0.25, -0.2) is 0 Å². The minimum atomic E-state index is -2.89. The summed E-state index contributed by atoms with van der Waals surface area (Å²) in [5.74, 6) is -9.27. The molecule has 0 spiro atoms. The predicted molar refractivity (Wildman–Crippen MR) is 128 cm³/mol. The van der Waals surface area contributed by atoms with Crippen LogP contribution in [0.5, 0.6) is 5.75 Å². The van der Waals surface area contributed by atoms with Crippen LogP contribution < -0.4 is 5.73 Å². The zero-order chi connectivity index (χ0) is 27.0. The molecule has 0 saturated heterocycles. The number of hydrogen-bond donors (Lipinski definition) is 6. The number of benzene rings is 2. The lowest BCUT2D eigenvalue weighted by molar-refractivity contribution is -0.154. The van der Waals surface area contributed by atoms with Gasteiger partial charge in [-0.2, -0.15) is 0 Å². The Balaban J connectivity index is 1.77. The maximum Gasteiger partial charge on any atom is 0.255 e. The number of carbonyl (C=O) groups is 4. The van der Waals surface area contributed by atoms with Gasteiger partial charge in [0.15, 0.2) is 11.4 Å². The molecule has 37 heavy (non-hydrogen) atoms. The fourth-order valence-electron chi connectivity index (χ4n) is 6.11. The molecular formula is C27H23NO9. The van der Waals surface area contributed by atoms with Crippen molar-refractivity contribution in [1.82, 2.24) is 0 Å². The second-order valence-electron chi connectivity index (χ2n) is 9.65. The van der Waals surface area contributed by atoms with Crippen LogP contribution in [0, 0.1) is 11.8 Å². The Hall–Kier alpha value is -4.28. The van der Waals surface area contributed by atoms with Crippen LogP contribution in [-0.2, 0) is 9.59 Å². The third-order valence-corrected chi connectivity index (χ3v) is 7.81. The quantitative estimate of drug-likeness (QED) is 0.265. The zero-order valence-corrected chi connectivity index (χ0v) is 19.5. The monoisotopic (exact) mass is 505 g/mol. The number of amides is 1. The van der Waals surface area contributed by atoms with Crippen LogP contribution in [0.25, 0.3) is 11.1 Å². The molecule has 5 rings (SSSR count). The number of aldehydes is 1. The number of ketones is 2. The van der Waals surface area contributed by atoms with Crippen LogP contribution in [0.3, 0.4) is 0 Å². The highest BCUT2D eigenvalue weighted by Gasteiger charge is 2.64. The van der Waals surface area contributed by atoms with Gasteiger partial charge in [0.05, 0.1) is 11.7 Å². The molecule has 2 aromatic rings. The number of aliphatic hydroxyl groups is 4. The molecule has 3 aliphatic rings. The van der Waals surface area contributed by atoms with Gasteiger partial charge >= 0.3 is 0 Å².